The van der Waals surface area contributed by atoms with E-state index in [0.717, 1.165) is 18.2 Å². The Morgan fingerprint density at radius 1 is 1.00 bits per heavy atom. The number of hydrogen-bond donors (Lipinski definition) is 1. The molecule has 3 aromatic carbocycles. The van der Waals surface area contributed by atoms with Crippen LogP contribution in [0.4, 0.5) is 23.7 Å². The molecule has 0 aliphatic carbocycles. The summed E-state index contributed by atoms with van der Waals surface area (Å²) in [4.78, 5) is 13.9. The summed E-state index contributed by atoms with van der Waals surface area (Å²) in [6, 6.07) is 15.7. The van der Waals surface area contributed by atoms with E-state index in [1.807, 2.05) is 6.92 Å². The molecule has 0 spiro atoms. The first-order valence-corrected chi connectivity index (χ1v) is 12.9. The Bertz CT molecular complexity index is 1350. The summed E-state index contributed by atoms with van der Waals surface area (Å²) in [5.74, 6) is 0.388. The van der Waals surface area contributed by atoms with Crippen LogP contribution in [0, 0.1) is 0 Å². The van der Waals surface area contributed by atoms with Crippen molar-refractivity contribution in [3.8, 4) is 11.5 Å². The van der Waals surface area contributed by atoms with Gasteiger partial charge in [-0.1, -0.05) is 30.3 Å². The monoisotopic (exact) mass is 552 g/mol. The van der Waals surface area contributed by atoms with E-state index in [1.54, 1.807) is 30.3 Å². The molecule has 8 nitrogen and oxygen atoms in total. The number of para-hydroxylation sites is 2. The maximum Gasteiger partial charge on any atom is 0.416 e. The van der Waals surface area contributed by atoms with Crippen molar-refractivity contribution in [2.75, 3.05) is 32.2 Å². The van der Waals surface area contributed by atoms with Gasteiger partial charge in [0.25, 0.3) is 0 Å². The number of nitrogens with one attached hydrogen (secondary N) is 1. The first-order chi connectivity index (χ1) is 18.0. The van der Waals surface area contributed by atoms with Gasteiger partial charge in [-0.3, -0.25) is 0 Å². The molecule has 0 aromatic heterocycles. The van der Waals surface area contributed by atoms with Gasteiger partial charge in [0.2, 0.25) is 0 Å². The topological polar surface area (TPSA) is 94.2 Å². The lowest BCUT2D eigenvalue weighted by atomic mass is 10.2. The molecular weight excluding hydrogens is 525 g/mol. The zero-order valence-electron chi connectivity index (χ0n) is 20.7. The fourth-order valence-electron chi connectivity index (χ4n) is 3.42. The Morgan fingerprint density at radius 3 is 2.45 bits per heavy atom. The number of rotatable bonds is 11. The number of methoxy groups -OCH3 is 1. The minimum Gasteiger partial charge on any atom is -0.492 e. The number of carbonyl (C=O) groups is 1. The predicted octanol–water partition coefficient (Wildman–Crippen LogP) is 5.55. The molecule has 3 aromatic rings. The molecule has 0 aliphatic heterocycles. The SMILES string of the molecule is CCOc1ccccc1NC(=O)N(CCOC)Cc1cccc(OS(=O)(=O)c2cccc(C(F)(F)F)c2)c1. The van der Waals surface area contributed by atoms with Crippen LogP contribution in [0.1, 0.15) is 18.1 Å². The smallest absolute Gasteiger partial charge is 0.416 e. The van der Waals surface area contributed by atoms with Gasteiger partial charge >= 0.3 is 22.3 Å². The van der Waals surface area contributed by atoms with Crippen molar-refractivity contribution in [3.05, 3.63) is 83.9 Å². The molecule has 0 aliphatic rings. The van der Waals surface area contributed by atoms with E-state index in [9.17, 15) is 26.4 Å². The second-order valence-corrected chi connectivity index (χ2v) is 9.53. The van der Waals surface area contributed by atoms with Gasteiger partial charge in [-0.05, 0) is 55.0 Å². The molecule has 0 saturated carbocycles. The van der Waals surface area contributed by atoms with E-state index >= 15 is 0 Å². The Kier molecular flexibility index (Phi) is 9.59. The minimum atomic E-state index is -4.71. The van der Waals surface area contributed by atoms with Crippen molar-refractivity contribution in [1.82, 2.24) is 4.90 Å². The number of nitrogens with zero attached hydrogens (tertiary/aromatic N) is 1. The molecule has 0 radical (unpaired) electrons. The van der Waals surface area contributed by atoms with Gasteiger partial charge < -0.3 is 23.9 Å². The lowest BCUT2D eigenvalue weighted by molar-refractivity contribution is -0.137. The van der Waals surface area contributed by atoms with Crippen LogP contribution in [0.5, 0.6) is 11.5 Å². The molecule has 38 heavy (non-hydrogen) atoms. The summed E-state index contributed by atoms with van der Waals surface area (Å²) in [7, 11) is -3.06. The van der Waals surface area contributed by atoms with E-state index in [0.29, 0.717) is 29.7 Å². The van der Waals surface area contributed by atoms with Gasteiger partial charge in [-0.15, -0.1) is 0 Å². The highest BCUT2D eigenvalue weighted by atomic mass is 32.2. The van der Waals surface area contributed by atoms with Crippen molar-refractivity contribution in [2.45, 2.75) is 24.5 Å². The van der Waals surface area contributed by atoms with E-state index in [-0.39, 0.29) is 25.4 Å². The quantitative estimate of drug-likeness (QED) is 0.314. The van der Waals surface area contributed by atoms with E-state index < -0.39 is 32.8 Å². The van der Waals surface area contributed by atoms with Crippen LogP contribution >= 0.6 is 0 Å². The molecule has 0 fully saturated rings. The highest BCUT2D eigenvalue weighted by molar-refractivity contribution is 7.87. The number of urea groups is 1. The summed E-state index contributed by atoms with van der Waals surface area (Å²) in [5.41, 5.74) is -0.112. The van der Waals surface area contributed by atoms with E-state index in [4.69, 9.17) is 13.7 Å². The Labute approximate surface area is 219 Å². The van der Waals surface area contributed by atoms with E-state index in [2.05, 4.69) is 5.32 Å². The molecule has 0 unspecified atom stereocenters. The van der Waals surface area contributed by atoms with Gasteiger partial charge in [0.1, 0.15) is 16.4 Å². The first-order valence-electron chi connectivity index (χ1n) is 11.5. The van der Waals surface area contributed by atoms with E-state index in [1.165, 1.54) is 30.2 Å². The third-order valence-electron chi connectivity index (χ3n) is 5.21. The molecule has 2 amide bonds. The molecule has 204 valence electrons. The van der Waals surface area contributed by atoms with Gasteiger partial charge in [-0.2, -0.15) is 21.6 Å². The summed E-state index contributed by atoms with van der Waals surface area (Å²) in [5, 5.41) is 2.80. The van der Waals surface area contributed by atoms with Crippen LogP contribution in [-0.4, -0.2) is 46.2 Å². The van der Waals surface area contributed by atoms with Crippen molar-refractivity contribution in [2.24, 2.45) is 0 Å². The standard InChI is InChI=1S/C26H27F3N2O6S/c1-3-36-24-13-5-4-12-23(24)30-25(32)31(14-15-35-2)18-19-8-6-10-21(16-19)37-38(33,34)22-11-7-9-20(17-22)26(27,28)29/h4-13,16-17H,3,14-15,18H2,1-2H3,(H,30,32). The highest BCUT2D eigenvalue weighted by Gasteiger charge is 2.32. The maximum atomic E-state index is 13.1. The lowest BCUT2D eigenvalue weighted by Gasteiger charge is -2.24. The number of ether oxygens (including phenoxy) is 2. The molecule has 0 heterocycles. The number of benzene rings is 3. The largest absolute Gasteiger partial charge is 0.492 e. The highest BCUT2D eigenvalue weighted by Crippen LogP contribution is 2.31. The van der Waals surface area contributed by atoms with Crippen LogP contribution in [0.25, 0.3) is 0 Å². The van der Waals surface area contributed by atoms with Crippen molar-refractivity contribution >= 4 is 21.8 Å². The summed E-state index contributed by atoms with van der Waals surface area (Å²) < 4.78 is 80.1. The zero-order chi connectivity index (χ0) is 27.8. The molecular formula is C26H27F3N2O6S. The van der Waals surface area contributed by atoms with Crippen LogP contribution in [0.15, 0.2) is 77.7 Å². The normalized spacial score (nSPS) is 11.6. The molecule has 0 bridgehead atoms. The van der Waals surface area contributed by atoms with Crippen LogP contribution in [0.3, 0.4) is 0 Å². The second-order valence-electron chi connectivity index (χ2n) is 7.98. The average molecular weight is 553 g/mol. The van der Waals surface area contributed by atoms with Crippen LogP contribution < -0.4 is 14.2 Å². The molecule has 3 rings (SSSR count). The summed E-state index contributed by atoms with van der Waals surface area (Å²) >= 11 is 0. The maximum absolute atomic E-state index is 13.1. The third kappa shape index (κ3) is 7.86. The number of carbonyl (C=O) groups excluding carboxylic acids is 1. The minimum absolute atomic E-state index is 0.0623. The fraction of sp³-hybridized carbons (Fsp3) is 0.269. The van der Waals surface area contributed by atoms with Crippen molar-refractivity contribution in [1.29, 1.82) is 0 Å². The van der Waals surface area contributed by atoms with Gasteiger partial charge in [0, 0.05) is 20.2 Å². The Morgan fingerprint density at radius 2 is 1.74 bits per heavy atom. The summed E-state index contributed by atoms with van der Waals surface area (Å²) in [6.45, 7) is 2.75. The Hall–Kier alpha value is -3.77. The van der Waals surface area contributed by atoms with Crippen molar-refractivity contribution < 1.29 is 40.0 Å². The zero-order valence-corrected chi connectivity index (χ0v) is 21.5. The van der Waals surface area contributed by atoms with Gasteiger partial charge in [0.05, 0.1) is 24.5 Å². The van der Waals surface area contributed by atoms with Gasteiger partial charge in [-0.25, -0.2) is 4.79 Å². The van der Waals surface area contributed by atoms with Gasteiger partial charge in [0.15, 0.2) is 0 Å². The molecule has 1 N–H and O–H groups in total. The molecule has 0 atom stereocenters. The van der Waals surface area contributed by atoms with Crippen molar-refractivity contribution in [3.63, 3.8) is 0 Å². The van der Waals surface area contributed by atoms with Crippen LogP contribution in [-0.2, 0) is 27.6 Å². The number of amides is 2. The second kappa shape index (κ2) is 12.7. The third-order valence-corrected chi connectivity index (χ3v) is 6.45. The number of halogens is 3. The fourth-order valence-corrected chi connectivity index (χ4v) is 4.39. The first kappa shape index (κ1) is 28.8. The Balaban J connectivity index is 1.78. The van der Waals surface area contributed by atoms with Crippen LogP contribution in [0.2, 0.25) is 0 Å². The lowest BCUT2D eigenvalue weighted by Crippen LogP contribution is -2.37. The average Bonchev–Trinajstić information content (AvgIpc) is 2.87. The number of hydrogen-bond acceptors (Lipinski definition) is 6. The number of alkyl halides is 3. The predicted molar refractivity (Wildman–Crippen MR) is 135 cm³/mol. The molecule has 12 heteroatoms. The summed E-state index contributed by atoms with van der Waals surface area (Å²) in [6.07, 6.45) is -4.71. The molecule has 0 saturated heterocycles. The number of anilines is 1.